The van der Waals surface area contributed by atoms with Crippen molar-refractivity contribution in [2.24, 2.45) is 0 Å². The molecular formula is C11H15NO3S. The molecule has 0 radical (unpaired) electrons. The lowest BCUT2D eigenvalue weighted by molar-refractivity contribution is -0.136. The number of pyridine rings is 1. The van der Waals surface area contributed by atoms with E-state index in [0.717, 1.165) is 5.56 Å². The summed E-state index contributed by atoms with van der Waals surface area (Å²) in [5, 5.41) is 8.09. The third-order valence-corrected chi connectivity index (χ3v) is 4.08. The number of hydrogen-bond donors (Lipinski definition) is 1. The van der Waals surface area contributed by atoms with Crippen LogP contribution >= 0.6 is 0 Å². The highest BCUT2D eigenvalue weighted by Gasteiger charge is 2.21. The Bertz CT molecular complexity index is 367. The van der Waals surface area contributed by atoms with E-state index in [2.05, 4.69) is 4.98 Å². The van der Waals surface area contributed by atoms with Gasteiger partial charge in [0, 0.05) is 28.9 Å². The predicted molar refractivity (Wildman–Crippen MR) is 62.7 cm³/mol. The van der Waals surface area contributed by atoms with Crippen molar-refractivity contribution in [3.05, 3.63) is 30.1 Å². The Morgan fingerprint density at radius 1 is 1.50 bits per heavy atom. The zero-order valence-corrected chi connectivity index (χ0v) is 9.94. The van der Waals surface area contributed by atoms with E-state index < -0.39 is 22.0 Å². The summed E-state index contributed by atoms with van der Waals surface area (Å²) in [6, 6.07) is 3.69. The number of carbonyl (C=O) groups is 1. The van der Waals surface area contributed by atoms with Gasteiger partial charge in [-0.05, 0) is 30.5 Å². The molecule has 0 aliphatic rings. The Labute approximate surface area is 97.2 Å². The molecule has 1 N–H and O–H groups in total. The van der Waals surface area contributed by atoms with Gasteiger partial charge in [0.1, 0.15) is 5.25 Å². The summed E-state index contributed by atoms with van der Waals surface area (Å²) in [5.74, 6) is -0.593. The van der Waals surface area contributed by atoms with Crippen LogP contribution in [0.25, 0.3) is 0 Å². The standard InChI is InChI=1S/C11H15NO3S/c1-2-10(11(13)14)16(15)8-5-9-3-6-12-7-4-9/h3-4,6-7,10H,2,5,8H2,1H3,(H,13,14). The topological polar surface area (TPSA) is 67.3 Å². The first-order chi connectivity index (χ1) is 7.65. The average Bonchev–Trinajstić information content (AvgIpc) is 2.28. The Balaban J connectivity index is 2.49. The second kappa shape index (κ2) is 6.37. The molecule has 0 fully saturated rings. The number of aryl methyl sites for hydroxylation is 1. The van der Waals surface area contributed by atoms with Crippen LogP contribution in [0.3, 0.4) is 0 Å². The highest BCUT2D eigenvalue weighted by atomic mass is 32.2. The number of carboxylic acids is 1. The summed E-state index contributed by atoms with van der Waals surface area (Å²) in [7, 11) is -1.31. The first-order valence-electron chi connectivity index (χ1n) is 5.14. The molecular weight excluding hydrogens is 226 g/mol. The second-order valence-electron chi connectivity index (χ2n) is 3.43. The van der Waals surface area contributed by atoms with Gasteiger partial charge in [-0.15, -0.1) is 0 Å². The minimum atomic E-state index is -1.31. The van der Waals surface area contributed by atoms with Gasteiger partial charge in [0.05, 0.1) is 0 Å². The zero-order valence-electron chi connectivity index (χ0n) is 9.13. The SMILES string of the molecule is CCC(C(=O)O)S(=O)CCc1ccncc1. The fourth-order valence-electron chi connectivity index (χ4n) is 1.38. The smallest absolute Gasteiger partial charge is 0.319 e. The molecule has 4 nitrogen and oxygen atoms in total. The van der Waals surface area contributed by atoms with E-state index in [4.69, 9.17) is 5.11 Å². The van der Waals surface area contributed by atoms with E-state index in [9.17, 15) is 9.00 Å². The first-order valence-corrected chi connectivity index (χ1v) is 6.52. The Morgan fingerprint density at radius 3 is 2.62 bits per heavy atom. The molecule has 0 aliphatic carbocycles. The van der Waals surface area contributed by atoms with Crippen LogP contribution in [-0.2, 0) is 22.0 Å². The molecule has 16 heavy (non-hydrogen) atoms. The molecule has 2 unspecified atom stereocenters. The molecule has 1 heterocycles. The Hall–Kier alpha value is -1.23. The minimum Gasteiger partial charge on any atom is -0.480 e. The maximum absolute atomic E-state index is 11.7. The molecule has 2 atom stereocenters. The molecule has 0 saturated heterocycles. The predicted octanol–water partition coefficient (Wildman–Crippen LogP) is 1.24. The largest absolute Gasteiger partial charge is 0.480 e. The van der Waals surface area contributed by atoms with Gasteiger partial charge in [-0.1, -0.05) is 6.92 Å². The fraction of sp³-hybridized carbons (Fsp3) is 0.455. The van der Waals surface area contributed by atoms with Gasteiger partial charge < -0.3 is 5.11 Å². The summed E-state index contributed by atoms with van der Waals surface area (Å²) in [6.07, 6.45) is 4.37. The van der Waals surface area contributed by atoms with Gasteiger partial charge in [0.25, 0.3) is 0 Å². The first kappa shape index (κ1) is 12.8. The lowest BCUT2D eigenvalue weighted by Gasteiger charge is -2.09. The van der Waals surface area contributed by atoms with E-state index in [1.165, 1.54) is 0 Å². The van der Waals surface area contributed by atoms with Crippen molar-refractivity contribution >= 4 is 16.8 Å². The van der Waals surface area contributed by atoms with Gasteiger partial charge in [0.15, 0.2) is 0 Å². The molecule has 88 valence electrons. The van der Waals surface area contributed by atoms with Crippen molar-refractivity contribution in [2.75, 3.05) is 5.75 Å². The molecule has 1 rings (SSSR count). The normalized spacial score (nSPS) is 14.3. The van der Waals surface area contributed by atoms with Crippen LogP contribution in [-0.4, -0.2) is 31.3 Å². The van der Waals surface area contributed by atoms with Gasteiger partial charge in [-0.25, -0.2) is 0 Å². The number of carboxylic acid groups (broad SMARTS) is 1. The van der Waals surface area contributed by atoms with Gasteiger partial charge in [-0.2, -0.15) is 0 Å². The molecule has 0 amide bonds. The van der Waals surface area contributed by atoms with E-state index in [1.54, 1.807) is 19.3 Å². The summed E-state index contributed by atoms with van der Waals surface area (Å²) in [5.41, 5.74) is 1.03. The zero-order chi connectivity index (χ0) is 12.0. The molecule has 0 spiro atoms. The van der Waals surface area contributed by atoms with Crippen LogP contribution in [0.5, 0.6) is 0 Å². The van der Waals surface area contributed by atoms with E-state index in [1.807, 2.05) is 12.1 Å². The highest BCUT2D eigenvalue weighted by Crippen LogP contribution is 2.06. The van der Waals surface area contributed by atoms with Gasteiger partial charge >= 0.3 is 5.97 Å². The monoisotopic (exact) mass is 241 g/mol. The van der Waals surface area contributed by atoms with E-state index >= 15 is 0 Å². The van der Waals surface area contributed by atoms with Crippen LogP contribution in [0.2, 0.25) is 0 Å². The van der Waals surface area contributed by atoms with Crippen molar-refractivity contribution in [3.63, 3.8) is 0 Å². The molecule has 0 aliphatic heterocycles. The minimum absolute atomic E-state index is 0.384. The van der Waals surface area contributed by atoms with Gasteiger partial charge in [0.2, 0.25) is 0 Å². The Morgan fingerprint density at radius 2 is 2.12 bits per heavy atom. The second-order valence-corrected chi connectivity index (χ2v) is 5.16. The van der Waals surface area contributed by atoms with Crippen LogP contribution in [0.4, 0.5) is 0 Å². The van der Waals surface area contributed by atoms with Crippen molar-refractivity contribution in [2.45, 2.75) is 25.0 Å². The number of nitrogens with zero attached hydrogens (tertiary/aromatic N) is 1. The van der Waals surface area contributed by atoms with Gasteiger partial charge in [-0.3, -0.25) is 14.0 Å². The van der Waals surface area contributed by atoms with E-state index in [0.29, 0.717) is 18.6 Å². The summed E-state index contributed by atoms with van der Waals surface area (Å²) in [6.45, 7) is 1.74. The quantitative estimate of drug-likeness (QED) is 0.813. The Kier molecular flexibility index (Phi) is 5.11. The number of aromatic nitrogens is 1. The number of rotatable bonds is 6. The average molecular weight is 241 g/mol. The van der Waals surface area contributed by atoms with Crippen molar-refractivity contribution < 1.29 is 14.1 Å². The molecule has 5 heteroatoms. The van der Waals surface area contributed by atoms with Crippen molar-refractivity contribution in [1.29, 1.82) is 0 Å². The van der Waals surface area contributed by atoms with Crippen LogP contribution < -0.4 is 0 Å². The molecule has 1 aromatic heterocycles. The number of aliphatic carboxylic acids is 1. The van der Waals surface area contributed by atoms with Crippen molar-refractivity contribution in [3.8, 4) is 0 Å². The maximum Gasteiger partial charge on any atom is 0.319 e. The van der Waals surface area contributed by atoms with Crippen molar-refractivity contribution in [1.82, 2.24) is 4.98 Å². The summed E-state index contributed by atoms with van der Waals surface area (Å²) < 4.78 is 11.7. The van der Waals surface area contributed by atoms with Crippen LogP contribution in [0.15, 0.2) is 24.5 Å². The van der Waals surface area contributed by atoms with Crippen LogP contribution in [0, 0.1) is 0 Å². The molecule has 0 aromatic carbocycles. The lowest BCUT2D eigenvalue weighted by Crippen LogP contribution is -2.27. The highest BCUT2D eigenvalue weighted by molar-refractivity contribution is 7.86. The third kappa shape index (κ3) is 3.73. The number of hydrogen-bond acceptors (Lipinski definition) is 3. The van der Waals surface area contributed by atoms with E-state index in [-0.39, 0.29) is 0 Å². The van der Waals surface area contributed by atoms with Crippen LogP contribution in [0.1, 0.15) is 18.9 Å². The fourth-order valence-corrected chi connectivity index (χ4v) is 2.70. The molecule has 0 bridgehead atoms. The molecule has 0 saturated carbocycles. The molecule has 1 aromatic rings. The third-order valence-electron chi connectivity index (χ3n) is 2.30. The maximum atomic E-state index is 11.7. The summed E-state index contributed by atoms with van der Waals surface area (Å²) >= 11 is 0. The lowest BCUT2D eigenvalue weighted by atomic mass is 10.2. The summed E-state index contributed by atoms with van der Waals surface area (Å²) in [4.78, 5) is 14.7.